The highest BCUT2D eigenvalue weighted by atomic mass is 32.2. The quantitative estimate of drug-likeness (QED) is 0.750. The van der Waals surface area contributed by atoms with Crippen molar-refractivity contribution in [2.24, 2.45) is 5.73 Å². The first-order valence-electron chi connectivity index (χ1n) is 6.08. The predicted octanol–water partition coefficient (Wildman–Crippen LogP) is 1.91. The van der Waals surface area contributed by atoms with E-state index in [1.54, 1.807) is 0 Å². The number of nitrogens with one attached hydrogen (secondary N) is 1. The van der Waals surface area contributed by atoms with Gasteiger partial charge in [-0.3, -0.25) is 4.79 Å². The summed E-state index contributed by atoms with van der Waals surface area (Å²) in [5, 5.41) is 3.02. The fourth-order valence-corrected chi connectivity index (χ4v) is 3.01. The largest absolute Gasteiger partial charge is 0.353 e. The molecule has 0 aliphatic heterocycles. The number of hydrogen-bond donors (Lipinski definition) is 2. The highest BCUT2D eigenvalue weighted by Crippen LogP contribution is 2.42. The lowest BCUT2D eigenvalue weighted by Crippen LogP contribution is -2.55. The second kappa shape index (κ2) is 5.41. The molecule has 0 spiro atoms. The van der Waals surface area contributed by atoms with Crippen molar-refractivity contribution in [1.82, 2.24) is 5.32 Å². The average Bonchev–Trinajstić information content (AvgIpc) is 2.16. The van der Waals surface area contributed by atoms with E-state index in [2.05, 4.69) is 11.6 Å². The SMILES string of the molecule is CCCC(C)(N)C(=O)NCC1(SC)CCC1. The molecule has 1 rings (SSSR count). The van der Waals surface area contributed by atoms with Gasteiger partial charge in [-0.2, -0.15) is 11.8 Å². The summed E-state index contributed by atoms with van der Waals surface area (Å²) in [6.07, 6.45) is 7.51. The topological polar surface area (TPSA) is 55.1 Å². The second-order valence-electron chi connectivity index (χ2n) is 5.09. The van der Waals surface area contributed by atoms with Gasteiger partial charge in [0.1, 0.15) is 0 Å². The Morgan fingerprint density at radius 3 is 2.56 bits per heavy atom. The minimum Gasteiger partial charge on any atom is -0.353 e. The number of rotatable bonds is 6. The van der Waals surface area contributed by atoms with Crippen molar-refractivity contribution >= 4 is 17.7 Å². The Bertz CT molecular complexity index is 244. The molecule has 0 bridgehead atoms. The molecule has 0 heterocycles. The van der Waals surface area contributed by atoms with Gasteiger partial charge in [0.25, 0.3) is 0 Å². The number of carbonyl (C=O) groups is 1. The first-order valence-corrected chi connectivity index (χ1v) is 7.30. The predicted molar refractivity (Wildman–Crippen MR) is 70.6 cm³/mol. The van der Waals surface area contributed by atoms with Crippen LogP contribution in [-0.4, -0.2) is 29.0 Å². The van der Waals surface area contributed by atoms with E-state index < -0.39 is 5.54 Å². The van der Waals surface area contributed by atoms with Crippen LogP contribution in [0.3, 0.4) is 0 Å². The van der Waals surface area contributed by atoms with Crippen LogP contribution in [0.15, 0.2) is 0 Å². The van der Waals surface area contributed by atoms with Crippen LogP contribution >= 0.6 is 11.8 Å². The zero-order valence-electron chi connectivity index (χ0n) is 10.6. The molecular formula is C12H24N2OS. The van der Waals surface area contributed by atoms with Crippen molar-refractivity contribution in [1.29, 1.82) is 0 Å². The summed E-state index contributed by atoms with van der Waals surface area (Å²) >= 11 is 1.87. The van der Waals surface area contributed by atoms with E-state index in [9.17, 15) is 4.79 Å². The highest BCUT2D eigenvalue weighted by molar-refractivity contribution is 8.00. The number of carbonyl (C=O) groups excluding carboxylic acids is 1. The molecule has 1 atom stereocenters. The maximum Gasteiger partial charge on any atom is 0.239 e. The minimum absolute atomic E-state index is 0.00493. The van der Waals surface area contributed by atoms with E-state index in [-0.39, 0.29) is 10.7 Å². The number of amides is 1. The van der Waals surface area contributed by atoms with Gasteiger partial charge in [-0.15, -0.1) is 0 Å². The maximum atomic E-state index is 11.9. The van der Waals surface area contributed by atoms with Crippen molar-refractivity contribution in [3.8, 4) is 0 Å². The molecule has 3 nitrogen and oxygen atoms in total. The van der Waals surface area contributed by atoms with Crippen molar-refractivity contribution in [2.45, 2.75) is 56.2 Å². The highest BCUT2D eigenvalue weighted by Gasteiger charge is 2.37. The van der Waals surface area contributed by atoms with Crippen LogP contribution in [0.5, 0.6) is 0 Å². The van der Waals surface area contributed by atoms with Crippen LogP contribution in [0, 0.1) is 0 Å². The molecule has 3 N–H and O–H groups in total. The van der Waals surface area contributed by atoms with Crippen LogP contribution in [0.2, 0.25) is 0 Å². The Kier molecular flexibility index (Phi) is 4.68. The molecule has 1 saturated carbocycles. The molecule has 94 valence electrons. The molecule has 16 heavy (non-hydrogen) atoms. The molecule has 1 amide bonds. The third kappa shape index (κ3) is 3.14. The Labute approximate surface area is 103 Å². The van der Waals surface area contributed by atoms with Crippen LogP contribution in [0.4, 0.5) is 0 Å². The van der Waals surface area contributed by atoms with E-state index in [4.69, 9.17) is 5.73 Å². The van der Waals surface area contributed by atoms with Gasteiger partial charge in [0, 0.05) is 11.3 Å². The lowest BCUT2D eigenvalue weighted by molar-refractivity contribution is -0.126. The van der Waals surface area contributed by atoms with Gasteiger partial charge >= 0.3 is 0 Å². The summed E-state index contributed by atoms with van der Waals surface area (Å²) in [7, 11) is 0. The molecular weight excluding hydrogens is 220 g/mol. The lowest BCUT2D eigenvalue weighted by atomic mass is 9.84. The number of thioether (sulfide) groups is 1. The Hall–Kier alpha value is -0.220. The first-order chi connectivity index (χ1) is 7.46. The molecule has 1 fully saturated rings. The fraction of sp³-hybridized carbons (Fsp3) is 0.917. The summed E-state index contributed by atoms with van der Waals surface area (Å²) < 4.78 is 0.290. The standard InChI is InChI=1S/C12H24N2OS/c1-4-6-11(2,13)10(15)14-9-12(16-3)7-5-8-12/h4-9,13H2,1-3H3,(H,14,15). The summed E-state index contributed by atoms with van der Waals surface area (Å²) in [5.41, 5.74) is 5.27. The van der Waals surface area contributed by atoms with E-state index >= 15 is 0 Å². The maximum absolute atomic E-state index is 11.9. The van der Waals surface area contributed by atoms with E-state index in [1.807, 2.05) is 25.6 Å². The van der Waals surface area contributed by atoms with Crippen molar-refractivity contribution in [2.75, 3.05) is 12.8 Å². The molecule has 4 heteroatoms. The van der Waals surface area contributed by atoms with Gasteiger partial charge in [-0.1, -0.05) is 19.8 Å². The lowest BCUT2D eigenvalue weighted by Gasteiger charge is -2.41. The van der Waals surface area contributed by atoms with E-state index in [0.29, 0.717) is 0 Å². The van der Waals surface area contributed by atoms with Crippen molar-refractivity contribution in [3.05, 3.63) is 0 Å². The summed E-state index contributed by atoms with van der Waals surface area (Å²) in [6.45, 7) is 4.63. The molecule has 1 aliphatic carbocycles. The first kappa shape index (κ1) is 13.8. The minimum atomic E-state index is -0.710. The van der Waals surface area contributed by atoms with Gasteiger partial charge in [0.2, 0.25) is 5.91 Å². The van der Waals surface area contributed by atoms with Gasteiger partial charge in [0.15, 0.2) is 0 Å². The molecule has 0 radical (unpaired) electrons. The Morgan fingerprint density at radius 2 is 2.19 bits per heavy atom. The van der Waals surface area contributed by atoms with Gasteiger partial charge in [-0.25, -0.2) is 0 Å². The van der Waals surface area contributed by atoms with Crippen LogP contribution < -0.4 is 11.1 Å². The molecule has 0 aromatic carbocycles. The van der Waals surface area contributed by atoms with Crippen LogP contribution in [-0.2, 0) is 4.79 Å². The molecule has 0 saturated heterocycles. The van der Waals surface area contributed by atoms with E-state index in [1.165, 1.54) is 19.3 Å². The normalized spacial score (nSPS) is 22.0. The summed E-state index contributed by atoms with van der Waals surface area (Å²) in [5.74, 6) is -0.00493. The van der Waals surface area contributed by atoms with Gasteiger partial charge in [0.05, 0.1) is 5.54 Å². The zero-order valence-corrected chi connectivity index (χ0v) is 11.5. The Morgan fingerprint density at radius 1 is 1.56 bits per heavy atom. The van der Waals surface area contributed by atoms with E-state index in [0.717, 1.165) is 19.4 Å². The molecule has 1 unspecified atom stereocenters. The molecule has 0 aromatic heterocycles. The third-order valence-corrected chi connectivity index (χ3v) is 4.98. The number of hydrogen-bond acceptors (Lipinski definition) is 3. The van der Waals surface area contributed by atoms with Gasteiger partial charge in [-0.05, 0) is 32.4 Å². The summed E-state index contributed by atoms with van der Waals surface area (Å²) in [4.78, 5) is 11.9. The molecule has 0 aromatic rings. The average molecular weight is 244 g/mol. The molecule has 1 aliphatic rings. The monoisotopic (exact) mass is 244 g/mol. The zero-order chi connectivity index (χ0) is 12.2. The third-order valence-electron chi connectivity index (χ3n) is 3.56. The fourth-order valence-electron chi connectivity index (χ4n) is 2.10. The smallest absolute Gasteiger partial charge is 0.239 e. The van der Waals surface area contributed by atoms with Gasteiger partial charge < -0.3 is 11.1 Å². The van der Waals surface area contributed by atoms with Crippen molar-refractivity contribution in [3.63, 3.8) is 0 Å². The number of nitrogens with two attached hydrogens (primary N) is 1. The van der Waals surface area contributed by atoms with Crippen LogP contribution in [0.25, 0.3) is 0 Å². The second-order valence-corrected chi connectivity index (χ2v) is 6.37. The Balaban J connectivity index is 2.40. The van der Waals surface area contributed by atoms with Crippen LogP contribution in [0.1, 0.15) is 46.0 Å². The van der Waals surface area contributed by atoms with Crippen molar-refractivity contribution < 1.29 is 4.79 Å². The summed E-state index contributed by atoms with van der Waals surface area (Å²) in [6, 6.07) is 0.